The molecule has 2 aromatic heterocycles. The van der Waals surface area contributed by atoms with Crippen molar-refractivity contribution in [2.75, 3.05) is 5.32 Å². The number of pyridine rings is 1. The SMILES string of the molecule is Cc1cc2n[nH]c(=O)n2c2cc(NCc3ccccc3)ccc12. The molecule has 5 nitrogen and oxygen atoms in total. The molecule has 0 spiro atoms. The summed E-state index contributed by atoms with van der Waals surface area (Å²) >= 11 is 0. The van der Waals surface area contributed by atoms with Crippen molar-refractivity contribution in [2.24, 2.45) is 0 Å². The van der Waals surface area contributed by atoms with Crippen LogP contribution in [-0.4, -0.2) is 14.6 Å². The van der Waals surface area contributed by atoms with Gasteiger partial charge in [-0.2, -0.15) is 5.10 Å². The molecule has 4 rings (SSSR count). The molecule has 0 aliphatic heterocycles. The Morgan fingerprint density at radius 3 is 2.78 bits per heavy atom. The molecule has 0 atom stereocenters. The predicted octanol–water partition coefficient (Wildman–Crippen LogP) is 3.10. The van der Waals surface area contributed by atoms with Gasteiger partial charge in [0.2, 0.25) is 0 Å². The molecule has 114 valence electrons. The number of nitrogens with one attached hydrogen (secondary N) is 2. The molecule has 0 unspecified atom stereocenters. The summed E-state index contributed by atoms with van der Waals surface area (Å²) in [6.45, 7) is 2.76. The van der Waals surface area contributed by atoms with E-state index in [1.54, 1.807) is 4.40 Å². The first-order valence-electron chi connectivity index (χ1n) is 7.51. The molecule has 0 saturated heterocycles. The van der Waals surface area contributed by atoms with Crippen molar-refractivity contribution in [3.05, 3.63) is 76.2 Å². The largest absolute Gasteiger partial charge is 0.381 e. The average molecular weight is 304 g/mol. The van der Waals surface area contributed by atoms with Gasteiger partial charge < -0.3 is 5.32 Å². The van der Waals surface area contributed by atoms with Crippen LogP contribution in [0.1, 0.15) is 11.1 Å². The van der Waals surface area contributed by atoms with Crippen molar-refractivity contribution >= 4 is 22.2 Å². The Balaban J connectivity index is 1.79. The maximum absolute atomic E-state index is 12.0. The molecule has 0 aliphatic rings. The Kier molecular flexibility index (Phi) is 3.12. The van der Waals surface area contributed by atoms with Crippen LogP contribution in [0.4, 0.5) is 5.69 Å². The molecule has 0 fully saturated rings. The van der Waals surface area contributed by atoms with Crippen molar-refractivity contribution in [3.63, 3.8) is 0 Å². The van der Waals surface area contributed by atoms with Crippen molar-refractivity contribution in [3.8, 4) is 0 Å². The topological polar surface area (TPSA) is 62.2 Å². The van der Waals surface area contributed by atoms with Gasteiger partial charge in [0.15, 0.2) is 5.65 Å². The number of hydrogen-bond acceptors (Lipinski definition) is 3. The first-order chi connectivity index (χ1) is 11.2. The molecule has 0 radical (unpaired) electrons. The monoisotopic (exact) mass is 304 g/mol. The van der Waals surface area contributed by atoms with Crippen LogP contribution in [0, 0.1) is 6.92 Å². The summed E-state index contributed by atoms with van der Waals surface area (Å²) in [5, 5.41) is 11.0. The zero-order valence-electron chi connectivity index (χ0n) is 12.7. The highest BCUT2D eigenvalue weighted by Crippen LogP contribution is 2.23. The molecule has 2 aromatic carbocycles. The number of nitrogens with zero attached hydrogens (tertiary/aromatic N) is 2. The molecule has 0 aliphatic carbocycles. The molecule has 0 saturated carbocycles. The summed E-state index contributed by atoms with van der Waals surface area (Å²) in [5.74, 6) is 0. The van der Waals surface area contributed by atoms with E-state index < -0.39 is 0 Å². The lowest BCUT2D eigenvalue weighted by molar-refractivity contribution is 1.04. The molecule has 2 N–H and O–H groups in total. The van der Waals surface area contributed by atoms with Crippen LogP contribution in [0.2, 0.25) is 0 Å². The number of hydrogen-bond donors (Lipinski definition) is 2. The number of rotatable bonds is 3. The second-order valence-electron chi connectivity index (χ2n) is 5.62. The lowest BCUT2D eigenvalue weighted by Crippen LogP contribution is -2.10. The molecular weight excluding hydrogens is 288 g/mol. The lowest BCUT2D eigenvalue weighted by atomic mass is 10.1. The third kappa shape index (κ3) is 2.36. The van der Waals surface area contributed by atoms with Crippen molar-refractivity contribution in [1.82, 2.24) is 14.6 Å². The molecular formula is C18H16N4O. The number of aryl methyl sites for hydroxylation is 1. The summed E-state index contributed by atoms with van der Waals surface area (Å²) in [5.41, 5.74) is 4.56. The number of benzene rings is 2. The summed E-state index contributed by atoms with van der Waals surface area (Å²) in [4.78, 5) is 12.0. The number of H-pyrrole nitrogens is 1. The van der Waals surface area contributed by atoms with Crippen LogP contribution >= 0.6 is 0 Å². The number of aromatic nitrogens is 3. The van der Waals surface area contributed by atoms with Gasteiger partial charge in [-0.3, -0.25) is 0 Å². The zero-order valence-corrected chi connectivity index (χ0v) is 12.7. The van der Waals surface area contributed by atoms with Crippen LogP contribution in [0.25, 0.3) is 16.6 Å². The van der Waals surface area contributed by atoms with E-state index in [2.05, 4.69) is 27.6 Å². The molecule has 0 amide bonds. The van der Waals surface area contributed by atoms with E-state index in [4.69, 9.17) is 0 Å². The highest BCUT2D eigenvalue weighted by molar-refractivity contribution is 5.87. The fourth-order valence-corrected chi connectivity index (χ4v) is 2.87. The Morgan fingerprint density at radius 1 is 1.13 bits per heavy atom. The number of anilines is 1. The molecule has 0 bridgehead atoms. The van der Waals surface area contributed by atoms with E-state index in [-0.39, 0.29) is 5.69 Å². The Bertz CT molecular complexity index is 1050. The minimum absolute atomic E-state index is 0.217. The van der Waals surface area contributed by atoms with Crippen molar-refractivity contribution in [2.45, 2.75) is 13.5 Å². The molecule has 5 heteroatoms. The van der Waals surface area contributed by atoms with Crippen LogP contribution < -0.4 is 11.0 Å². The Morgan fingerprint density at radius 2 is 1.96 bits per heavy atom. The number of fused-ring (bicyclic) bond motifs is 3. The third-order valence-corrected chi connectivity index (χ3v) is 4.05. The van der Waals surface area contributed by atoms with E-state index >= 15 is 0 Å². The fraction of sp³-hybridized carbons (Fsp3) is 0.111. The first kappa shape index (κ1) is 13.6. The van der Waals surface area contributed by atoms with E-state index in [1.165, 1.54) is 5.56 Å². The van der Waals surface area contributed by atoms with Gasteiger partial charge in [0, 0.05) is 17.6 Å². The maximum atomic E-state index is 12.0. The highest BCUT2D eigenvalue weighted by Gasteiger charge is 2.08. The maximum Gasteiger partial charge on any atom is 0.348 e. The summed E-state index contributed by atoms with van der Waals surface area (Å²) in [6, 6.07) is 18.2. The van der Waals surface area contributed by atoms with Gasteiger partial charge in [0.25, 0.3) is 0 Å². The summed E-state index contributed by atoms with van der Waals surface area (Å²) in [6.07, 6.45) is 0. The minimum atomic E-state index is -0.217. The van der Waals surface area contributed by atoms with Gasteiger partial charge in [-0.25, -0.2) is 14.3 Å². The molecule has 2 heterocycles. The third-order valence-electron chi connectivity index (χ3n) is 4.05. The van der Waals surface area contributed by atoms with Crippen molar-refractivity contribution < 1.29 is 0 Å². The van der Waals surface area contributed by atoms with Gasteiger partial charge in [0.1, 0.15) is 0 Å². The second kappa shape index (κ2) is 5.28. The van der Waals surface area contributed by atoms with E-state index in [1.807, 2.05) is 49.4 Å². The van der Waals surface area contributed by atoms with Crippen LogP contribution in [0.3, 0.4) is 0 Å². The van der Waals surface area contributed by atoms with Gasteiger partial charge in [0.05, 0.1) is 5.52 Å². The predicted molar refractivity (Wildman–Crippen MR) is 91.8 cm³/mol. The standard InChI is InChI=1S/C18H16N4O/c1-12-9-17-20-21-18(23)22(17)16-10-14(7-8-15(12)16)19-11-13-5-3-2-4-6-13/h2-10,19H,11H2,1H3,(H,21,23). The smallest absolute Gasteiger partial charge is 0.348 e. The fourth-order valence-electron chi connectivity index (χ4n) is 2.87. The summed E-state index contributed by atoms with van der Waals surface area (Å²) in [7, 11) is 0. The second-order valence-corrected chi connectivity index (χ2v) is 5.62. The normalized spacial score (nSPS) is 11.2. The first-order valence-corrected chi connectivity index (χ1v) is 7.51. The van der Waals surface area contributed by atoms with E-state index in [0.29, 0.717) is 5.65 Å². The number of aromatic amines is 1. The molecule has 4 aromatic rings. The Hall–Kier alpha value is -3.08. The van der Waals surface area contributed by atoms with Gasteiger partial charge in [-0.15, -0.1) is 0 Å². The van der Waals surface area contributed by atoms with E-state index in [0.717, 1.165) is 28.7 Å². The van der Waals surface area contributed by atoms with Crippen molar-refractivity contribution in [1.29, 1.82) is 0 Å². The average Bonchev–Trinajstić information content (AvgIpc) is 2.95. The van der Waals surface area contributed by atoms with Gasteiger partial charge in [-0.1, -0.05) is 36.4 Å². The quantitative estimate of drug-likeness (QED) is 0.611. The minimum Gasteiger partial charge on any atom is -0.381 e. The van der Waals surface area contributed by atoms with Crippen LogP contribution in [0.5, 0.6) is 0 Å². The van der Waals surface area contributed by atoms with Crippen LogP contribution in [0.15, 0.2) is 59.4 Å². The highest BCUT2D eigenvalue weighted by atomic mass is 16.1. The molecule has 23 heavy (non-hydrogen) atoms. The van der Waals surface area contributed by atoms with Gasteiger partial charge in [-0.05, 0) is 36.2 Å². The lowest BCUT2D eigenvalue weighted by Gasteiger charge is -2.10. The van der Waals surface area contributed by atoms with Crippen LogP contribution in [-0.2, 0) is 6.54 Å². The summed E-state index contributed by atoms with van der Waals surface area (Å²) < 4.78 is 1.61. The zero-order chi connectivity index (χ0) is 15.8. The Labute approximate surface area is 132 Å². The van der Waals surface area contributed by atoms with Gasteiger partial charge >= 0.3 is 5.69 Å². The van der Waals surface area contributed by atoms with E-state index in [9.17, 15) is 4.79 Å².